The zero-order valence-corrected chi connectivity index (χ0v) is 12.2. The van der Waals surface area contributed by atoms with Gasteiger partial charge in [-0.1, -0.05) is 0 Å². The van der Waals surface area contributed by atoms with E-state index < -0.39 is 0 Å². The van der Waals surface area contributed by atoms with Gasteiger partial charge in [-0.3, -0.25) is 4.79 Å². The summed E-state index contributed by atoms with van der Waals surface area (Å²) in [7, 11) is 5.76. The van der Waals surface area contributed by atoms with Gasteiger partial charge in [-0.15, -0.1) is 0 Å². The van der Waals surface area contributed by atoms with Gasteiger partial charge in [-0.25, -0.2) is 0 Å². The number of benzene rings is 1. The maximum Gasteiger partial charge on any atom is 0.258 e. The standard InChI is InChI=1S/C14H21N3O3/c1-17(2)6-4-16(5-7-17)14(19)10-8-11(15)13(20-3)9-12(10)18/h8-9H,4-7,15H2,1-3H3/p+1. The second-order valence-electron chi connectivity index (χ2n) is 5.79. The van der Waals surface area contributed by atoms with Crippen molar-refractivity contribution in [2.75, 3.05) is 53.1 Å². The lowest BCUT2D eigenvalue weighted by Crippen LogP contribution is -2.56. The molecule has 1 aliphatic rings. The summed E-state index contributed by atoms with van der Waals surface area (Å²) >= 11 is 0. The molecule has 0 spiro atoms. The molecule has 6 heteroatoms. The van der Waals surface area contributed by atoms with E-state index in [0.29, 0.717) is 24.5 Å². The van der Waals surface area contributed by atoms with Crippen molar-refractivity contribution in [3.63, 3.8) is 0 Å². The van der Waals surface area contributed by atoms with Crippen LogP contribution in [0, 0.1) is 0 Å². The molecule has 1 amide bonds. The van der Waals surface area contributed by atoms with Gasteiger partial charge in [0.15, 0.2) is 0 Å². The number of rotatable bonds is 2. The zero-order chi connectivity index (χ0) is 14.9. The Morgan fingerprint density at radius 1 is 1.35 bits per heavy atom. The van der Waals surface area contributed by atoms with Gasteiger partial charge in [-0.05, 0) is 6.07 Å². The minimum absolute atomic E-state index is 0.0969. The third kappa shape index (κ3) is 2.80. The second-order valence-corrected chi connectivity index (χ2v) is 5.79. The monoisotopic (exact) mass is 280 g/mol. The van der Waals surface area contributed by atoms with E-state index in [9.17, 15) is 9.90 Å². The Kier molecular flexibility index (Phi) is 3.76. The van der Waals surface area contributed by atoms with Crippen molar-refractivity contribution in [3.8, 4) is 11.5 Å². The van der Waals surface area contributed by atoms with Crippen LogP contribution in [0.15, 0.2) is 12.1 Å². The number of piperazine rings is 1. The summed E-state index contributed by atoms with van der Waals surface area (Å²) < 4.78 is 5.92. The normalized spacial score (nSPS) is 17.9. The number of phenols is 1. The fraction of sp³-hybridized carbons (Fsp3) is 0.500. The Labute approximate surface area is 118 Å². The van der Waals surface area contributed by atoms with Crippen LogP contribution in [0.4, 0.5) is 5.69 Å². The number of carbonyl (C=O) groups is 1. The molecule has 0 radical (unpaired) electrons. The molecule has 1 aromatic rings. The van der Waals surface area contributed by atoms with Crippen molar-refractivity contribution in [2.45, 2.75) is 0 Å². The molecule has 0 aliphatic carbocycles. The average molecular weight is 280 g/mol. The summed E-state index contributed by atoms with van der Waals surface area (Å²) in [5.41, 5.74) is 6.38. The van der Waals surface area contributed by atoms with E-state index in [1.54, 1.807) is 4.90 Å². The molecular weight excluding hydrogens is 258 g/mol. The van der Waals surface area contributed by atoms with E-state index in [0.717, 1.165) is 17.6 Å². The highest BCUT2D eigenvalue weighted by Crippen LogP contribution is 2.31. The van der Waals surface area contributed by atoms with Gasteiger partial charge in [0, 0.05) is 6.07 Å². The lowest BCUT2D eigenvalue weighted by molar-refractivity contribution is -0.894. The Morgan fingerprint density at radius 3 is 2.50 bits per heavy atom. The number of hydrogen-bond acceptors (Lipinski definition) is 4. The van der Waals surface area contributed by atoms with Gasteiger partial charge in [-0.2, -0.15) is 0 Å². The number of hydrogen-bond donors (Lipinski definition) is 2. The van der Waals surface area contributed by atoms with Crippen molar-refractivity contribution in [1.82, 2.24) is 4.90 Å². The first kappa shape index (κ1) is 14.5. The number of nitrogens with two attached hydrogens (primary N) is 1. The number of amides is 1. The highest BCUT2D eigenvalue weighted by atomic mass is 16.5. The fourth-order valence-electron chi connectivity index (χ4n) is 2.31. The quantitative estimate of drug-likeness (QED) is 0.470. The molecule has 3 N–H and O–H groups in total. The van der Waals surface area contributed by atoms with Crippen molar-refractivity contribution in [3.05, 3.63) is 17.7 Å². The average Bonchev–Trinajstić information content (AvgIpc) is 2.40. The van der Waals surface area contributed by atoms with Gasteiger partial charge >= 0.3 is 0 Å². The molecule has 6 nitrogen and oxygen atoms in total. The highest BCUT2D eigenvalue weighted by molar-refractivity contribution is 5.98. The molecule has 0 unspecified atom stereocenters. The highest BCUT2D eigenvalue weighted by Gasteiger charge is 2.29. The molecule has 1 heterocycles. The molecule has 1 saturated heterocycles. The van der Waals surface area contributed by atoms with Crippen molar-refractivity contribution in [1.29, 1.82) is 0 Å². The van der Waals surface area contributed by atoms with Crippen LogP contribution < -0.4 is 10.5 Å². The molecule has 0 aromatic heterocycles. The molecule has 0 bridgehead atoms. The Balaban J connectivity index is 2.20. The summed E-state index contributed by atoms with van der Waals surface area (Å²) in [6.45, 7) is 3.16. The van der Waals surface area contributed by atoms with Gasteiger partial charge < -0.3 is 25.0 Å². The summed E-state index contributed by atoms with van der Waals surface area (Å²) in [4.78, 5) is 14.2. The van der Waals surface area contributed by atoms with Crippen LogP contribution in [-0.2, 0) is 0 Å². The first-order valence-electron chi connectivity index (χ1n) is 6.62. The Morgan fingerprint density at radius 2 is 1.95 bits per heavy atom. The third-order valence-electron chi connectivity index (χ3n) is 3.82. The second kappa shape index (κ2) is 5.20. The van der Waals surface area contributed by atoms with Crippen LogP contribution >= 0.6 is 0 Å². The van der Waals surface area contributed by atoms with E-state index in [4.69, 9.17) is 10.5 Å². The molecular formula is C14H22N3O3+. The molecule has 0 saturated carbocycles. The van der Waals surface area contributed by atoms with Crippen LogP contribution in [0.3, 0.4) is 0 Å². The molecule has 2 rings (SSSR count). The van der Waals surface area contributed by atoms with Gasteiger partial charge in [0.1, 0.15) is 11.5 Å². The van der Waals surface area contributed by atoms with E-state index in [-0.39, 0.29) is 17.2 Å². The van der Waals surface area contributed by atoms with Crippen LogP contribution in [0.25, 0.3) is 0 Å². The number of methoxy groups -OCH3 is 1. The zero-order valence-electron chi connectivity index (χ0n) is 12.2. The lowest BCUT2D eigenvalue weighted by Gasteiger charge is -2.39. The number of aromatic hydroxyl groups is 1. The summed E-state index contributed by atoms with van der Waals surface area (Å²) in [5, 5.41) is 9.96. The molecule has 20 heavy (non-hydrogen) atoms. The number of nitrogens with zero attached hydrogens (tertiary/aromatic N) is 2. The SMILES string of the molecule is COc1cc(O)c(C(=O)N2CC[N+](C)(C)CC2)cc1N. The van der Waals surface area contributed by atoms with E-state index in [1.165, 1.54) is 19.2 Å². The maximum absolute atomic E-state index is 12.4. The topological polar surface area (TPSA) is 75.8 Å². The summed E-state index contributed by atoms with van der Waals surface area (Å²) in [5.74, 6) is 0.0902. The smallest absolute Gasteiger partial charge is 0.258 e. The van der Waals surface area contributed by atoms with Crippen molar-refractivity contribution >= 4 is 11.6 Å². The van der Waals surface area contributed by atoms with Crippen LogP contribution in [0.2, 0.25) is 0 Å². The predicted molar refractivity (Wildman–Crippen MR) is 76.8 cm³/mol. The molecule has 0 atom stereocenters. The van der Waals surface area contributed by atoms with E-state index in [2.05, 4.69) is 14.1 Å². The largest absolute Gasteiger partial charge is 0.507 e. The fourth-order valence-corrected chi connectivity index (χ4v) is 2.31. The van der Waals surface area contributed by atoms with Gasteiger partial charge in [0.25, 0.3) is 5.91 Å². The summed E-state index contributed by atoms with van der Waals surface area (Å²) in [6, 6.07) is 2.86. The van der Waals surface area contributed by atoms with Crippen molar-refractivity contribution in [2.24, 2.45) is 0 Å². The molecule has 1 aliphatic heterocycles. The number of likely N-dealkylation sites (N-methyl/N-ethyl adjacent to an activating group) is 1. The van der Waals surface area contributed by atoms with Crippen molar-refractivity contribution < 1.29 is 19.1 Å². The van der Waals surface area contributed by atoms with Crippen LogP contribution in [-0.4, -0.2) is 67.8 Å². The third-order valence-corrected chi connectivity index (χ3v) is 3.82. The number of carbonyl (C=O) groups excluding carboxylic acids is 1. The van der Waals surface area contributed by atoms with E-state index in [1.807, 2.05) is 0 Å². The predicted octanol–water partition coefficient (Wildman–Crippen LogP) is 0.515. The van der Waals surface area contributed by atoms with Gasteiger partial charge in [0.05, 0.1) is 58.6 Å². The molecule has 110 valence electrons. The number of nitrogen functional groups attached to an aromatic ring is 1. The molecule has 1 aromatic carbocycles. The minimum atomic E-state index is -0.184. The first-order valence-corrected chi connectivity index (χ1v) is 6.62. The number of quaternary nitrogens is 1. The summed E-state index contributed by atoms with van der Waals surface area (Å²) in [6.07, 6.45) is 0. The maximum atomic E-state index is 12.4. The van der Waals surface area contributed by atoms with Crippen LogP contribution in [0.1, 0.15) is 10.4 Å². The Bertz CT molecular complexity index is 519. The first-order chi connectivity index (χ1) is 9.34. The lowest BCUT2D eigenvalue weighted by atomic mass is 10.1. The number of ether oxygens (including phenoxy) is 1. The molecule has 1 fully saturated rings. The number of phenolic OH excluding ortho intramolecular Hbond substituents is 1. The van der Waals surface area contributed by atoms with Gasteiger partial charge in [0.2, 0.25) is 0 Å². The minimum Gasteiger partial charge on any atom is -0.507 e. The number of anilines is 1. The Hall–Kier alpha value is -1.95. The van der Waals surface area contributed by atoms with E-state index >= 15 is 0 Å². The van der Waals surface area contributed by atoms with Crippen LogP contribution in [0.5, 0.6) is 11.5 Å².